The SMILES string of the molecule is CC(C)c1ccc([C@@H]2C(C#N)=C(N)Oc3n[nH]c(-c4cccs4)c32)cc1. The average molecular weight is 362 g/mol. The fourth-order valence-corrected chi connectivity index (χ4v) is 3.99. The van der Waals surface area contributed by atoms with Crippen molar-refractivity contribution in [1.29, 1.82) is 5.26 Å². The van der Waals surface area contributed by atoms with E-state index in [1.807, 2.05) is 17.5 Å². The highest BCUT2D eigenvalue weighted by Gasteiger charge is 2.35. The molecule has 0 bridgehead atoms. The zero-order valence-electron chi connectivity index (χ0n) is 14.5. The maximum Gasteiger partial charge on any atom is 0.244 e. The van der Waals surface area contributed by atoms with E-state index in [2.05, 4.69) is 54.4 Å². The Balaban J connectivity index is 1.90. The summed E-state index contributed by atoms with van der Waals surface area (Å²) in [5, 5.41) is 19.1. The number of benzene rings is 1. The molecular weight excluding hydrogens is 344 g/mol. The molecule has 3 aromatic rings. The number of hydrogen-bond donors (Lipinski definition) is 2. The third-order valence-electron chi connectivity index (χ3n) is 4.64. The summed E-state index contributed by atoms with van der Waals surface area (Å²) in [6, 6.07) is 14.6. The number of fused-ring (bicyclic) bond motifs is 1. The molecule has 4 rings (SSSR count). The molecule has 1 aliphatic rings. The maximum absolute atomic E-state index is 9.72. The third kappa shape index (κ3) is 2.57. The number of nitrogens with two attached hydrogens (primary N) is 1. The Morgan fingerprint density at radius 2 is 2.04 bits per heavy atom. The van der Waals surface area contributed by atoms with Crippen molar-refractivity contribution in [3.8, 4) is 22.5 Å². The number of allylic oxidation sites excluding steroid dienone is 1. The van der Waals surface area contributed by atoms with Crippen LogP contribution in [0.1, 0.15) is 42.4 Å². The predicted octanol–water partition coefficient (Wildman–Crippen LogP) is 4.48. The topological polar surface area (TPSA) is 87.7 Å². The number of ether oxygens (including phenoxy) is 1. The number of aromatic amines is 1. The first-order chi connectivity index (χ1) is 12.6. The zero-order valence-corrected chi connectivity index (χ0v) is 15.3. The van der Waals surface area contributed by atoms with Gasteiger partial charge < -0.3 is 10.5 Å². The van der Waals surface area contributed by atoms with Crippen molar-refractivity contribution in [3.05, 3.63) is 69.9 Å². The van der Waals surface area contributed by atoms with Gasteiger partial charge in [0.25, 0.3) is 0 Å². The molecule has 0 radical (unpaired) electrons. The van der Waals surface area contributed by atoms with Gasteiger partial charge in [-0.05, 0) is 28.5 Å². The van der Waals surface area contributed by atoms with Gasteiger partial charge in [-0.15, -0.1) is 16.4 Å². The predicted molar refractivity (Wildman–Crippen MR) is 102 cm³/mol. The van der Waals surface area contributed by atoms with Crippen LogP contribution in [0.3, 0.4) is 0 Å². The molecule has 1 aliphatic heterocycles. The van der Waals surface area contributed by atoms with Crippen LogP contribution in [-0.2, 0) is 0 Å². The standard InChI is InChI=1S/C20H18N4OS/c1-11(2)12-5-7-13(8-6-12)16-14(10-21)19(22)25-20-17(16)18(23-24-20)15-4-3-9-26-15/h3-9,11,16H,22H2,1-2H3,(H,23,24)/t16-/m1/s1. The van der Waals surface area contributed by atoms with Crippen LogP contribution in [0.2, 0.25) is 0 Å². The highest BCUT2D eigenvalue weighted by Crippen LogP contribution is 2.46. The van der Waals surface area contributed by atoms with E-state index >= 15 is 0 Å². The molecule has 6 heteroatoms. The van der Waals surface area contributed by atoms with Crippen LogP contribution in [0.15, 0.2) is 53.2 Å². The molecule has 3 heterocycles. The zero-order chi connectivity index (χ0) is 18.3. The maximum atomic E-state index is 9.72. The van der Waals surface area contributed by atoms with Crippen LogP contribution in [0.5, 0.6) is 5.88 Å². The van der Waals surface area contributed by atoms with Crippen LogP contribution in [0, 0.1) is 11.3 Å². The average Bonchev–Trinajstić information content (AvgIpc) is 3.29. The third-order valence-corrected chi connectivity index (χ3v) is 5.53. The largest absolute Gasteiger partial charge is 0.420 e. The molecule has 0 aliphatic carbocycles. The summed E-state index contributed by atoms with van der Waals surface area (Å²) in [5.74, 6) is 0.687. The van der Waals surface area contributed by atoms with Gasteiger partial charge in [-0.2, -0.15) is 5.26 Å². The minimum absolute atomic E-state index is 0.113. The number of hydrogen-bond acceptors (Lipinski definition) is 5. The summed E-state index contributed by atoms with van der Waals surface area (Å²) in [7, 11) is 0. The Hall–Kier alpha value is -3.04. The molecule has 0 saturated heterocycles. The lowest BCUT2D eigenvalue weighted by Gasteiger charge is -2.24. The number of nitriles is 1. The van der Waals surface area contributed by atoms with Crippen LogP contribution >= 0.6 is 11.3 Å². The van der Waals surface area contributed by atoms with E-state index < -0.39 is 0 Å². The van der Waals surface area contributed by atoms with Crippen molar-refractivity contribution < 1.29 is 4.74 Å². The van der Waals surface area contributed by atoms with Crippen LogP contribution in [0.4, 0.5) is 0 Å². The molecule has 0 fully saturated rings. The smallest absolute Gasteiger partial charge is 0.244 e. The Kier molecular flexibility index (Phi) is 4.02. The first-order valence-electron chi connectivity index (χ1n) is 8.39. The Bertz CT molecular complexity index is 1010. The van der Waals surface area contributed by atoms with Crippen molar-refractivity contribution in [3.63, 3.8) is 0 Å². The summed E-state index contributed by atoms with van der Waals surface area (Å²) in [4.78, 5) is 1.05. The molecule has 0 spiro atoms. The van der Waals surface area contributed by atoms with Gasteiger partial charge in [0.05, 0.1) is 22.1 Å². The van der Waals surface area contributed by atoms with Crippen molar-refractivity contribution in [2.24, 2.45) is 5.73 Å². The van der Waals surface area contributed by atoms with E-state index in [-0.39, 0.29) is 11.8 Å². The molecule has 0 saturated carbocycles. The van der Waals surface area contributed by atoms with E-state index in [0.29, 0.717) is 17.4 Å². The molecule has 0 amide bonds. The first kappa shape index (κ1) is 16.4. The van der Waals surface area contributed by atoms with Crippen LogP contribution in [0.25, 0.3) is 10.6 Å². The van der Waals surface area contributed by atoms with Gasteiger partial charge in [-0.1, -0.05) is 44.2 Å². The molecular formula is C20H18N4OS. The second kappa shape index (κ2) is 6.36. The summed E-state index contributed by atoms with van der Waals surface area (Å²) < 4.78 is 5.62. The Labute approximate surface area is 155 Å². The molecule has 0 unspecified atom stereocenters. The lowest BCUT2D eigenvalue weighted by molar-refractivity contribution is 0.379. The molecule has 1 atom stereocenters. The van der Waals surface area contributed by atoms with Crippen molar-refractivity contribution >= 4 is 11.3 Å². The molecule has 130 valence electrons. The minimum atomic E-state index is -0.305. The van der Waals surface area contributed by atoms with E-state index in [9.17, 15) is 5.26 Å². The van der Waals surface area contributed by atoms with Crippen LogP contribution < -0.4 is 10.5 Å². The molecule has 1 aromatic carbocycles. The summed E-state index contributed by atoms with van der Waals surface area (Å²) in [5.41, 5.74) is 10.4. The number of nitrogens with one attached hydrogen (secondary N) is 1. The lowest BCUT2D eigenvalue weighted by Crippen LogP contribution is -2.20. The van der Waals surface area contributed by atoms with Crippen molar-refractivity contribution in [2.75, 3.05) is 0 Å². The summed E-state index contributed by atoms with van der Waals surface area (Å²) in [6.45, 7) is 4.32. The highest BCUT2D eigenvalue weighted by atomic mass is 32.1. The lowest BCUT2D eigenvalue weighted by atomic mass is 9.83. The normalized spacial score (nSPS) is 16.3. The molecule has 3 N–H and O–H groups in total. The summed E-state index contributed by atoms with van der Waals surface area (Å²) in [6.07, 6.45) is 0. The number of H-pyrrole nitrogens is 1. The summed E-state index contributed by atoms with van der Waals surface area (Å²) >= 11 is 1.61. The van der Waals surface area contributed by atoms with Crippen LogP contribution in [-0.4, -0.2) is 10.2 Å². The Morgan fingerprint density at radius 1 is 1.27 bits per heavy atom. The monoisotopic (exact) mass is 362 g/mol. The fraction of sp³-hybridized carbons (Fsp3) is 0.200. The Morgan fingerprint density at radius 3 is 2.65 bits per heavy atom. The van der Waals surface area contributed by atoms with Gasteiger partial charge in [-0.3, -0.25) is 5.10 Å². The van der Waals surface area contributed by atoms with Crippen molar-refractivity contribution in [2.45, 2.75) is 25.7 Å². The van der Waals surface area contributed by atoms with Gasteiger partial charge in [0.2, 0.25) is 11.8 Å². The number of aromatic nitrogens is 2. The number of nitrogens with zero attached hydrogens (tertiary/aromatic N) is 2. The van der Waals surface area contributed by atoms with E-state index in [1.54, 1.807) is 11.3 Å². The van der Waals surface area contributed by atoms with Crippen molar-refractivity contribution in [1.82, 2.24) is 10.2 Å². The van der Waals surface area contributed by atoms with Gasteiger partial charge in [0, 0.05) is 0 Å². The second-order valence-corrected chi connectivity index (χ2v) is 7.49. The quantitative estimate of drug-likeness (QED) is 0.719. The fourth-order valence-electron chi connectivity index (χ4n) is 3.26. The number of rotatable bonds is 3. The first-order valence-corrected chi connectivity index (χ1v) is 9.27. The second-order valence-electron chi connectivity index (χ2n) is 6.54. The van der Waals surface area contributed by atoms with E-state index in [4.69, 9.17) is 10.5 Å². The minimum Gasteiger partial charge on any atom is -0.420 e. The molecule has 26 heavy (non-hydrogen) atoms. The van der Waals surface area contributed by atoms with Gasteiger partial charge in [0.15, 0.2) is 0 Å². The van der Waals surface area contributed by atoms with Gasteiger partial charge in [0.1, 0.15) is 11.6 Å². The van der Waals surface area contributed by atoms with Gasteiger partial charge >= 0.3 is 0 Å². The van der Waals surface area contributed by atoms with E-state index in [0.717, 1.165) is 21.7 Å². The van der Waals surface area contributed by atoms with E-state index in [1.165, 1.54) is 5.56 Å². The molecule has 5 nitrogen and oxygen atoms in total. The van der Waals surface area contributed by atoms with Gasteiger partial charge in [-0.25, -0.2) is 0 Å². The number of thiophene rings is 1. The highest BCUT2D eigenvalue weighted by molar-refractivity contribution is 7.13. The molecule has 2 aromatic heterocycles.